The van der Waals surface area contributed by atoms with Crippen molar-refractivity contribution in [1.82, 2.24) is 0 Å². The third-order valence-corrected chi connectivity index (χ3v) is 1.60. The van der Waals surface area contributed by atoms with Gasteiger partial charge in [-0.25, -0.2) is 9.18 Å². The Morgan fingerprint density at radius 3 is 2.71 bits per heavy atom. The van der Waals surface area contributed by atoms with Crippen molar-refractivity contribution >= 4 is 5.97 Å². The van der Waals surface area contributed by atoms with Crippen molar-refractivity contribution in [2.75, 3.05) is 0 Å². The third kappa shape index (κ3) is 2.25. The van der Waals surface area contributed by atoms with Gasteiger partial charge in [-0.1, -0.05) is 0 Å². The second-order valence-electron chi connectivity index (χ2n) is 2.60. The molecule has 0 radical (unpaired) electrons. The molecule has 0 bridgehead atoms. The lowest BCUT2D eigenvalue weighted by Gasteiger charge is -2.00. The molecule has 0 spiro atoms. The first-order chi connectivity index (χ1) is 6.50. The number of nitrogens with zero attached hydrogens (tertiary/aromatic N) is 1. The number of nitro groups is 1. The number of rotatable bonds is 3. The van der Waals surface area contributed by atoms with E-state index in [4.69, 9.17) is 5.11 Å². The van der Waals surface area contributed by atoms with Crippen molar-refractivity contribution < 1.29 is 19.2 Å². The minimum atomic E-state index is -1.37. The first-order valence-corrected chi connectivity index (χ1v) is 3.64. The minimum Gasteiger partial charge on any atom is -0.478 e. The molecule has 0 saturated carbocycles. The van der Waals surface area contributed by atoms with Crippen LogP contribution in [0, 0.1) is 15.9 Å². The van der Waals surface area contributed by atoms with Crippen LogP contribution in [0.25, 0.3) is 0 Å². The van der Waals surface area contributed by atoms with Gasteiger partial charge in [0.2, 0.25) is 6.54 Å². The maximum Gasteiger partial charge on any atom is 0.336 e. The summed E-state index contributed by atoms with van der Waals surface area (Å²) in [4.78, 5) is 20.0. The first kappa shape index (κ1) is 10.1. The van der Waals surface area contributed by atoms with E-state index in [1.165, 1.54) is 0 Å². The lowest BCUT2D eigenvalue weighted by atomic mass is 10.1. The summed E-state index contributed by atoms with van der Waals surface area (Å²) in [6.07, 6.45) is 0. The van der Waals surface area contributed by atoms with Crippen LogP contribution in [0.3, 0.4) is 0 Å². The van der Waals surface area contributed by atoms with Gasteiger partial charge in [0, 0.05) is 10.5 Å². The van der Waals surface area contributed by atoms with Gasteiger partial charge >= 0.3 is 5.97 Å². The number of carboxylic acids is 1. The highest BCUT2D eigenvalue weighted by Crippen LogP contribution is 2.12. The van der Waals surface area contributed by atoms with Crippen molar-refractivity contribution in [3.05, 3.63) is 45.3 Å². The van der Waals surface area contributed by atoms with Crippen molar-refractivity contribution in [2.24, 2.45) is 0 Å². The van der Waals surface area contributed by atoms with Gasteiger partial charge in [0.1, 0.15) is 5.82 Å². The molecule has 0 fully saturated rings. The summed E-state index contributed by atoms with van der Waals surface area (Å²) >= 11 is 0. The normalized spacial score (nSPS) is 9.79. The van der Waals surface area contributed by atoms with Crippen molar-refractivity contribution in [2.45, 2.75) is 6.54 Å². The zero-order valence-corrected chi connectivity index (χ0v) is 6.94. The number of aromatic carboxylic acids is 1. The largest absolute Gasteiger partial charge is 0.478 e. The number of benzene rings is 1. The molecular weight excluding hydrogens is 193 g/mol. The predicted molar refractivity (Wildman–Crippen MR) is 44.1 cm³/mol. The lowest BCUT2D eigenvalue weighted by Crippen LogP contribution is -2.07. The molecule has 0 aliphatic heterocycles. The van der Waals surface area contributed by atoms with Gasteiger partial charge in [0.25, 0.3) is 0 Å². The average molecular weight is 199 g/mol. The summed E-state index contributed by atoms with van der Waals surface area (Å²) in [7, 11) is 0. The van der Waals surface area contributed by atoms with E-state index in [-0.39, 0.29) is 11.1 Å². The SMILES string of the molecule is O=C(O)c1cc(F)ccc1C[N+](=O)[O-]. The zero-order valence-electron chi connectivity index (χ0n) is 6.94. The molecule has 0 aliphatic rings. The number of carbonyl (C=O) groups is 1. The number of hydrogen-bond acceptors (Lipinski definition) is 3. The van der Waals surface area contributed by atoms with Crippen molar-refractivity contribution in [3.63, 3.8) is 0 Å². The van der Waals surface area contributed by atoms with E-state index >= 15 is 0 Å². The number of halogens is 1. The molecule has 0 amide bonds. The molecule has 0 aliphatic carbocycles. The Labute approximate surface area is 77.9 Å². The van der Waals surface area contributed by atoms with Crippen LogP contribution < -0.4 is 0 Å². The van der Waals surface area contributed by atoms with E-state index in [2.05, 4.69) is 0 Å². The van der Waals surface area contributed by atoms with Gasteiger partial charge in [0.05, 0.1) is 5.56 Å². The van der Waals surface area contributed by atoms with Crippen molar-refractivity contribution in [3.8, 4) is 0 Å². The minimum absolute atomic E-state index is 0.0103. The maximum atomic E-state index is 12.6. The Bertz CT molecular complexity index is 391. The van der Waals surface area contributed by atoms with Gasteiger partial charge in [-0.3, -0.25) is 10.1 Å². The predicted octanol–water partition coefficient (Wildman–Crippen LogP) is 1.30. The van der Waals surface area contributed by atoms with Crippen LogP contribution in [0.2, 0.25) is 0 Å². The van der Waals surface area contributed by atoms with Crippen LogP contribution in [0.15, 0.2) is 18.2 Å². The van der Waals surface area contributed by atoms with Gasteiger partial charge in [-0.15, -0.1) is 0 Å². The molecule has 0 saturated heterocycles. The van der Waals surface area contributed by atoms with E-state index in [1.807, 2.05) is 0 Å². The molecule has 6 heteroatoms. The summed E-state index contributed by atoms with van der Waals surface area (Å²) < 4.78 is 12.6. The average Bonchev–Trinajstić information content (AvgIpc) is 2.07. The third-order valence-electron chi connectivity index (χ3n) is 1.60. The second kappa shape index (κ2) is 3.82. The highest BCUT2D eigenvalue weighted by molar-refractivity contribution is 5.89. The summed E-state index contributed by atoms with van der Waals surface area (Å²) in [5, 5.41) is 18.8. The number of hydrogen-bond donors (Lipinski definition) is 1. The van der Waals surface area contributed by atoms with E-state index in [9.17, 15) is 19.3 Å². The summed E-state index contributed by atoms with van der Waals surface area (Å²) in [6, 6.07) is 2.86. The summed E-state index contributed by atoms with van der Waals surface area (Å²) in [5.41, 5.74) is -0.384. The van der Waals surface area contributed by atoms with E-state index in [1.54, 1.807) is 0 Å². The molecular formula is C8H6FNO4. The molecule has 1 aromatic rings. The van der Waals surface area contributed by atoms with Gasteiger partial charge < -0.3 is 5.11 Å². The van der Waals surface area contributed by atoms with Crippen molar-refractivity contribution in [1.29, 1.82) is 0 Å². The lowest BCUT2D eigenvalue weighted by molar-refractivity contribution is -0.496. The molecule has 1 aromatic carbocycles. The Hall–Kier alpha value is -1.98. The highest BCUT2D eigenvalue weighted by Gasteiger charge is 2.14. The van der Waals surface area contributed by atoms with Gasteiger partial charge in [0.15, 0.2) is 0 Å². The smallest absolute Gasteiger partial charge is 0.336 e. The Morgan fingerprint density at radius 1 is 1.57 bits per heavy atom. The molecule has 1 N–H and O–H groups in total. The Kier molecular flexibility index (Phi) is 2.76. The van der Waals surface area contributed by atoms with Crippen LogP contribution in [0.1, 0.15) is 15.9 Å². The fourth-order valence-corrected chi connectivity index (χ4v) is 1.02. The van der Waals surface area contributed by atoms with Crippen LogP contribution in [0.4, 0.5) is 4.39 Å². The second-order valence-corrected chi connectivity index (χ2v) is 2.60. The van der Waals surface area contributed by atoms with E-state index in [0.717, 1.165) is 18.2 Å². The van der Waals surface area contributed by atoms with E-state index in [0.29, 0.717) is 0 Å². The first-order valence-electron chi connectivity index (χ1n) is 3.64. The Morgan fingerprint density at radius 2 is 2.21 bits per heavy atom. The van der Waals surface area contributed by atoms with Crippen LogP contribution in [0.5, 0.6) is 0 Å². The van der Waals surface area contributed by atoms with Gasteiger partial charge in [-0.05, 0) is 18.2 Å². The molecule has 0 atom stereocenters. The van der Waals surface area contributed by atoms with Crippen LogP contribution in [-0.4, -0.2) is 16.0 Å². The summed E-state index contributed by atoms with van der Waals surface area (Å²) in [6.45, 7) is -0.623. The molecule has 1 rings (SSSR count). The molecule has 0 aromatic heterocycles. The zero-order chi connectivity index (χ0) is 10.7. The molecule has 74 valence electrons. The molecule has 5 nitrogen and oxygen atoms in total. The quantitative estimate of drug-likeness (QED) is 0.587. The topological polar surface area (TPSA) is 80.4 Å². The fourth-order valence-electron chi connectivity index (χ4n) is 1.02. The highest BCUT2D eigenvalue weighted by atomic mass is 19.1. The standard InChI is InChI=1S/C8H6FNO4/c9-6-2-1-5(4-10(13)14)7(3-6)8(11)12/h1-3H,4H2,(H,11,12). The van der Waals surface area contributed by atoms with Crippen LogP contribution >= 0.6 is 0 Å². The Balaban J connectivity index is 3.14. The number of carboxylic acid groups (broad SMARTS) is 1. The fraction of sp³-hybridized carbons (Fsp3) is 0.125. The molecule has 0 heterocycles. The van der Waals surface area contributed by atoms with Gasteiger partial charge in [-0.2, -0.15) is 0 Å². The molecule has 14 heavy (non-hydrogen) atoms. The molecule has 0 unspecified atom stereocenters. The summed E-state index contributed by atoms with van der Waals surface area (Å²) in [5.74, 6) is -2.10. The monoisotopic (exact) mass is 199 g/mol. The van der Waals surface area contributed by atoms with E-state index < -0.39 is 23.3 Å². The van der Waals surface area contributed by atoms with Crippen LogP contribution in [-0.2, 0) is 6.54 Å². The maximum absolute atomic E-state index is 12.6.